The maximum absolute atomic E-state index is 11.2. The van der Waals surface area contributed by atoms with Crippen LogP contribution in [-0.4, -0.2) is 39.5 Å². The molecule has 0 bridgehead atoms. The molecule has 154 valence electrons. The van der Waals surface area contributed by atoms with E-state index in [0.29, 0.717) is 23.6 Å². The molecule has 0 unspecified atom stereocenters. The number of aromatic carboxylic acids is 1. The maximum atomic E-state index is 11.2. The highest BCUT2D eigenvalue weighted by atomic mass is 35.5. The SMILES string of the molecule is Nc1nnc(-c2ccccc2O)cc1N1CCC[C@H](c2ccc(C(=O)O)c(Cl)c2)C1. The van der Waals surface area contributed by atoms with E-state index in [4.69, 9.17) is 17.3 Å². The minimum absolute atomic E-state index is 0.1000. The van der Waals surface area contributed by atoms with Gasteiger partial charge in [-0.25, -0.2) is 4.79 Å². The molecule has 7 nitrogen and oxygen atoms in total. The molecule has 1 aromatic heterocycles. The van der Waals surface area contributed by atoms with E-state index in [1.807, 2.05) is 18.2 Å². The highest BCUT2D eigenvalue weighted by Gasteiger charge is 2.25. The molecule has 4 N–H and O–H groups in total. The number of aromatic hydroxyl groups is 1. The molecule has 1 aliphatic heterocycles. The van der Waals surface area contributed by atoms with Gasteiger partial charge in [0, 0.05) is 24.6 Å². The summed E-state index contributed by atoms with van der Waals surface area (Å²) in [6.45, 7) is 1.51. The summed E-state index contributed by atoms with van der Waals surface area (Å²) in [4.78, 5) is 13.4. The Morgan fingerprint density at radius 2 is 1.97 bits per heavy atom. The highest BCUT2D eigenvalue weighted by Crippen LogP contribution is 2.36. The van der Waals surface area contributed by atoms with Crippen molar-refractivity contribution in [1.29, 1.82) is 0 Å². The predicted molar refractivity (Wildman–Crippen MR) is 116 cm³/mol. The van der Waals surface area contributed by atoms with Crippen molar-refractivity contribution in [2.24, 2.45) is 0 Å². The summed E-state index contributed by atoms with van der Waals surface area (Å²) in [6.07, 6.45) is 1.90. The van der Waals surface area contributed by atoms with Gasteiger partial charge in [0.25, 0.3) is 0 Å². The standard InChI is InChI=1S/C22H21ClN4O3/c23-17-10-13(7-8-15(17)22(29)30)14-4-3-9-27(12-14)19-11-18(25-26-21(19)24)16-5-1-2-6-20(16)28/h1-2,5-8,10-11,14,28H,3-4,9,12H2,(H2,24,26)(H,29,30)/t14-/m0/s1. The summed E-state index contributed by atoms with van der Waals surface area (Å²) >= 11 is 6.17. The van der Waals surface area contributed by atoms with E-state index in [0.717, 1.165) is 30.6 Å². The number of rotatable bonds is 4. The predicted octanol–water partition coefficient (Wildman–Crippen LogP) is 4.17. The molecule has 0 aliphatic carbocycles. The second-order valence-electron chi connectivity index (χ2n) is 7.35. The van der Waals surface area contributed by atoms with Crippen LogP contribution in [0.15, 0.2) is 48.5 Å². The second kappa shape index (κ2) is 8.20. The third-order valence-electron chi connectivity index (χ3n) is 5.44. The van der Waals surface area contributed by atoms with E-state index < -0.39 is 5.97 Å². The lowest BCUT2D eigenvalue weighted by Gasteiger charge is -2.35. The number of nitrogens with two attached hydrogens (primary N) is 1. The average molecular weight is 425 g/mol. The van der Waals surface area contributed by atoms with Crippen LogP contribution in [0.5, 0.6) is 5.75 Å². The summed E-state index contributed by atoms with van der Waals surface area (Å²) in [5.41, 5.74) is 9.14. The van der Waals surface area contributed by atoms with Crippen LogP contribution in [0.4, 0.5) is 11.5 Å². The van der Waals surface area contributed by atoms with Gasteiger partial charge in [-0.2, -0.15) is 0 Å². The Morgan fingerprint density at radius 1 is 1.17 bits per heavy atom. The molecule has 3 aromatic rings. The number of phenolic OH excluding ortho intramolecular Hbond substituents is 1. The third-order valence-corrected chi connectivity index (χ3v) is 5.75. The molecular formula is C22H21ClN4O3. The zero-order valence-electron chi connectivity index (χ0n) is 16.1. The number of hydrogen-bond donors (Lipinski definition) is 3. The van der Waals surface area contributed by atoms with Crippen LogP contribution in [0.2, 0.25) is 5.02 Å². The number of para-hydroxylation sites is 1. The smallest absolute Gasteiger partial charge is 0.337 e. The third kappa shape index (κ3) is 3.89. The maximum Gasteiger partial charge on any atom is 0.337 e. The van der Waals surface area contributed by atoms with Gasteiger partial charge >= 0.3 is 5.97 Å². The first-order chi connectivity index (χ1) is 14.4. The molecule has 1 saturated heterocycles. The summed E-state index contributed by atoms with van der Waals surface area (Å²) in [6, 6.07) is 13.9. The minimum Gasteiger partial charge on any atom is -0.507 e. The monoisotopic (exact) mass is 424 g/mol. The molecule has 30 heavy (non-hydrogen) atoms. The van der Waals surface area contributed by atoms with Crippen LogP contribution in [0.1, 0.15) is 34.7 Å². The Hall–Kier alpha value is -3.32. The molecule has 0 saturated carbocycles. The van der Waals surface area contributed by atoms with Crippen molar-refractivity contribution < 1.29 is 15.0 Å². The fourth-order valence-corrected chi connectivity index (χ4v) is 4.16. The van der Waals surface area contributed by atoms with Crippen molar-refractivity contribution in [2.45, 2.75) is 18.8 Å². The number of carboxylic acids is 1. The normalized spacial score (nSPS) is 16.4. The zero-order valence-corrected chi connectivity index (χ0v) is 16.9. The van der Waals surface area contributed by atoms with E-state index in [1.165, 1.54) is 0 Å². The summed E-state index contributed by atoms with van der Waals surface area (Å²) in [5.74, 6) is -0.398. The number of benzene rings is 2. The quantitative estimate of drug-likeness (QED) is 0.576. The van der Waals surface area contributed by atoms with Gasteiger partial charge in [-0.15, -0.1) is 10.2 Å². The first kappa shape index (κ1) is 20.0. The van der Waals surface area contributed by atoms with Crippen LogP contribution in [-0.2, 0) is 0 Å². The number of hydrogen-bond acceptors (Lipinski definition) is 6. The van der Waals surface area contributed by atoms with Gasteiger partial charge in [0.15, 0.2) is 5.82 Å². The van der Waals surface area contributed by atoms with Gasteiger partial charge in [-0.1, -0.05) is 29.8 Å². The Kier molecular flexibility index (Phi) is 5.46. The molecule has 0 amide bonds. The topological polar surface area (TPSA) is 113 Å². The fraction of sp³-hybridized carbons (Fsp3) is 0.227. The van der Waals surface area contributed by atoms with Crippen molar-refractivity contribution in [3.05, 3.63) is 64.7 Å². The van der Waals surface area contributed by atoms with E-state index in [2.05, 4.69) is 15.1 Å². The number of nitrogen functional groups attached to an aromatic ring is 1. The lowest BCUT2D eigenvalue weighted by molar-refractivity contribution is 0.0697. The molecule has 0 radical (unpaired) electrons. The number of phenols is 1. The summed E-state index contributed by atoms with van der Waals surface area (Å²) < 4.78 is 0. The van der Waals surface area contributed by atoms with Crippen molar-refractivity contribution in [2.75, 3.05) is 23.7 Å². The summed E-state index contributed by atoms with van der Waals surface area (Å²) in [5, 5.41) is 27.8. The van der Waals surface area contributed by atoms with Gasteiger partial charge in [0.2, 0.25) is 0 Å². The van der Waals surface area contributed by atoms with Crippen molar-refractivity contribution in [3.63, 3.8) is 0 Å². The van der Waals surface area contributed by atoms with Gasteiger partial charge in [0.1, 0.15) is 5.75 Å². The Balaban J connectivity index is 1.62. The molecule has 1 aliphatic rings. The van der Waals surface area contributed by atoms with E-state index in [9.17, 15) is 15.0 Å². The van der Waals surface area contributed by atoms with Crippen LogP contribution in [0.25, 0.3) is 11.3 Å². The lowest BCUT2D eigenvalue weighted by atomic mass is 9.89. The number of aromatic nitrogens is 2. The lowest BCUT2D eigenvalue weighted by Crippen LogP contribution is -2.35. The zero-order chi connectivity index (χ0) is 21.3. The number of carbonyl (C=O) groups is 1. The van der Waals surface area contributed by atoms with Crippen molar-refractivity contribution >= 4 is 29.1 Å². The van der Waals surface area contributed by atoms with Crippen molar-refractivity contribution in [3.8, 4) is 17.0 Å². The highest BCUT2D eigenvalue weighted by molar-refractivity contribution is 6.33. The number of carboxylic acid groups (broad SMARTS) is 1. The largest absolute Gasteiger partial charge is 0.507 e. The van der Waals surface area contributed by atoms with Crippen LogP contribution in [0.3, 0.4) is 0 Å². The Bertz CT molecular complexity index is 1110. The molecular weight excluding hydrogens is 404 g/mol. The molecule has 4 rings (SSSR count). The number of anilines is 2. The van der Waals surface area contributed by atoms with E-state index in [-0.39, 0.29) is 22.3 Å². The molecule has 2 heterocycles. The minimum atomic E-state index is -1.04. The second-order valence-corrected chi connectivity index (χ2v) is 7.75. The number of piperidine rings is 1. The Labute approximate surface area is 178 Å². The average Bonchev–Trinajstić information content (AvgIpc) is 2.74. The van der Waals surface area contributed by atoms with Crippen molar-refractivity contribution in [1.82, 2.24) is 10.2 Å². The molecule has 1 atom stereocenters. The van der Waals surface area contributed by atoms with Gasteiger partial charge in [0.05, 0.1) is 22.0 Å². The summed E-state index contributed by atoms with van der Waals surface area (Å²) in [7, 11) is 0. The van der Waals surface area contributed by atoms with Gasteiger partial charge in [-0.3, -0.25) is 0 Å². The van der Waals surface area contributed by atoms with Gasteiger partial charge in [-0.05, 0) is 48.7 Å². The van der Waals surface area contributed by atoms with Crippen LogP contribution < -0.4 is 10.6 Å². The van der Waals surface area contributed by atoms with Crippen LogP contribution in [0, 0.1) is 0 Å². The first-order valence-electron chi connectivity index (χ1n) is 9.63. The molecule has 8 heteroatoms. The Morgan fingerprint density at radius 3 is 2.70 bits per heavy atom. The molecule has 0 spiro atoms. The van der Waals surface area contributed by atoms with Gasteiger partial charge < -0.3 is 20.8 Å². The number of halogens is 1. The fourth-order valence-electron chi connectivity index (χ4n) is 3.89. The van der Waals surface area contributed by atoms with Crippen LogP contribution >= 0.6 is 11.6 Å². The first-order valence-corrected chi connectivity index (χ1v) is 10.0. The number of nitrogens with zero attached hydrogens (tertiary/aromatic N) is 3. The molecule has 2 aromatic carbocycles. The van der Waals surface area contributed by atoms with E-state index in [1.54, 1.807) is 30.3 Å². The molecule has 1 fully saturated rings. The van der Waals surface area contributed by atoms with E-state index >= 15 is 0 Å².